The number of hydrogen-bond acceptors (Lipinski definition) is 5. The molecule has 6 nitrogen and oxygen atoms in total. The minimum atomic E-state index is -2.91. The number of ether oxygens (including phenoxy) is 1. The molecule has 160 valence electrons. The van der Waals surface area contributed by atoms with Crippen LogP contribution in [0.25, 0.3) is 0 Å². The van der Waals surface area contributed by atoms with Crippen molar-refractivity contribution in [2.45, 2.75) is 19.1 Å². The molecule has 0 aliphatic carbocycles. The molecule has 4 rings (SSSR count). The van der Waals surface area contributed by atoms with Crippen molar-refractivity contribution in [1.82, 2.24) is 9.80 Å². The van der Waals surface area contributed by atoms with Crippen molar-refractivity contribution >= 4 is 15.7 Å². The average molecular weight is 433 g/mol. The SMILES string of the molecule is O=C(c1ccccc1OCc1ccc(F)cc1)N1CCN([C@@H]2CCS(=O)(=O)C2)CC1. The number of carbonyl (C=O) groups is 1. The van der Waals surface area contributed by atoms with Gasteiger partial charge in [-0.05, 0) is 36.2 Å². The van der Waals surface area contributed by atoms with Crippen molar-refractivity contribution in [2.24, 2.45) is 0 Å². The highest BCUT2D eigenvalue weighted by molar-refractivity contribution is 7.91. The Balaban J connectivity index is 1.37. The van der Waals surface area contributed by atoms with Gasteiger partial charge in [0.2, 0.25) is 0 Å². The topological polar surface area (TPSA) is 66.9 Å². The molecule has 2 heterocycles. The number of amides is 1. The number of halogens is 1. The lowest BCUT2D eigenvalue weighted by Gasteiger charge is -2.37. The predicted octanol–water partition coefficient (Wildman–Crippen LogP) is 2.35. The highest BCUT2D eigenvalue weighted by atomic mass is 32.2. The number of sulfone groups is 1. The van der Waals surface area contributed by atoms with E-state index in [-0.39, 0.29) is 35.9 Å². The van der Waals surface area contributed by atoms with Gasteiger partial charge in [-0.1, -0.05) is 24.3 Å². The fraction of sp³-hybridized carbons (Fsp3) is 0.409. The van der Waals surface area contributed by atoms with Gasteiger partial charge in [0.25, 0.3) is 5.91 Å². The number of hydrogen-bond donors (Lipinski definition) is 0. The second-order valence-corrected chi connectivity index (χ2v) is 10.0. The summed E-state index contributed by atoms with van der Waals surface area (Å²) in [6.45, 7) is 2.70. The van der Waals surface area contributed by atoms with E-state index in [1.165, 1.54) is 12.1 Å². The lowest BCUT2D eigenvalue weighted by atomic mass is 10.1. The van der Waals surface area contributed by atoms with E-state index >= 15 is 0 Å². The summed E-state index contributed by atoms with van der Waals surface area (Å²) in [6.07, 6.45) is 0.677. The van der Waals surface area contributed by atoms with Gasteiger partial charge in [0.15, 0.2) is 9.84 Å². The Morgan fingerprint density at radius 2 is 1.73 bits per heavy atom. The third-order valence-electron chi connectivity index (χ3n) is 5.75. The molecule has 0 bridgehead atoms. The number of carbonyl (C=O) groups excluding carboxylic acids is 1. The third-order valence-corrected chi connectivity index (χ3v) is 7.50. The van der Waals surface area contributed by atoms with E-state index in [1.54, 1.807) is 35.2 Å². The van der Waals surface area contributed by atoms with Crippen molar-refractivity contribution in [1.29, 1.82) is 0 Å². The molecule has 2 aromatic carbocycles. The van der Waals surface area contributed by atoms with Gasteiger partial charge in [-0.3, -0.25) is 9.69 Å². The van der Waals surface area contributed by atoms with Crippen molar-refractivity contribution in [3.8, 4) is 5.75 Å². The van der Waals surface area contributed by atoms with Crippen LogP contribution in [0.3, 0.4) is 0 Å². The van der Waals surface area contributed by atoms with Gasteiger partial charge in [-0.25, -0.2) is 12.8 Å². The first-order valence-electron chi connectivity index (χ1n) is 10.1. The molecule has 1 amide bonds. The van der Waals surface area contributed by atoms with Gasteiger partial charge in [-0.2, -0.15) is 0 Å². The molecule has 2 saturated heterocycles. The summed E-state index contributed by atoms with van der Waals surface area (Å²) in [5.41, 5.74) is 1.32. The molecule has 0 radical (unpaired) electrons. The van der Waals surface area contributed by atoms with Crippen molar-refractivity contribution < 1.29 is 22.3 Å². The van der Waals surface area contributed by atoms with Gasteiger partial charge in [0.05, 0.1) is 17.1 Å². The summed E-state index contributed by atoms with van der Waals surface area (Å²) in [5, 5.41) is 0. The van der Waals surface area contributed by atoms with Crippen molar-refractivity contribution in [3.63, 3.8) is 0 Å². The summed E-state index contributed by atoms with van der Waals surface area (Å²) >= 11 is 0. The van der Waals surface area contributed by atoms with Crippen LogP contribution in [0.2, 0.25) is 0 Å². The van der Waals surface area contributed by atoms with Gasteiger partial charge in [-0.15, -0.1) is 0 Å². The molecule has 2 aromatic rings. The highest BCUT2D eigenvalue weighted by Crippen LogP contribution is 2.24. The number of nitrogens with zero attached hydrogens (tertiary/aromatic N) is 2. The molecule has 0 saturated carbocycles. The predicted molar refractivity (Wildman–Crippen MR) is 112 cm³/mol. The van der Waals surface area contributed by atoms with E-state index in [2.05, 4.69) is 4.90 Å². The standard InChI is InChI=1S/C22H25FN2O4S/c23-18-7-5-17(6-8-18)15-29-21-4-2-1-3-20(21)22(26)25-12-10-24(11-13-25)19-9-14-30(27,28)16-19/h1-8,19H,9-16H2/t19-/m1/s1. The fourth-order valence-corrected chi connectivity index (χ4v) is 5.80. The van der Waals surface area contributed by atoms with E-state index < -0.39 is 9.84 Å². The molecule has 0 N–H and O–H groups in total. The molecule has 0 aromatic heterocycles. The molecule has 2 aliphatic rings. The Labute approximate surface area is 176 Å². The summed E-state index contributed by atoms with van der Waals surface area (Å²) < 4.78 is 42.4. The fourth-order valence-electron chi connectivity index (χ4n) is 4.03. The summed E-state index contributed by atoms with van der Waals surface area (Å²) in [6, 6.07) is 13.3. The van der Waals surface area contributed by atoms with Gasteiger partial charge in [0, 0.05) is 32.2 Å². The minimum Gasteiger partial charge on any atom is -0.488 e. The zero-order chi connectivity index (χ0) is 21.1. The third kappa shape index (κ3) is 4.82. The van der Waals surface area contributed by atoms with E-state index in [0.717, 1.165) is 5.56 Å². The Morgan fingerprint density at radius 3 is 2.40 bits per heavy atom. The molecule has 2 fully saturated rings. The van der Waals surface area contributed by atoms with Crippen LogP contribution in [-0.2, 0) is 16.4 Å². The number of piperazine rings is 1. The number of para-hydroxylation sites is 1. The lowest BCUT2D eigenvalue weighted by molar-refractivity contribution is 0.0583. The van der Waals surface area contributed by atoms with Crippen LogP contribution in [0.4, 0.5) is 4.39 Å². The quantitative estimate of drug-likeness (QED) is 0.726. The van der Waals surface area contributed by atoms with E-state index in [9.17, 15) is 17.6 Å². The van der Waals surface area contributed by atoms with E-state index in [1.807, 2.05) is 6.07 Å². The van der Waals surface area contributed by atoms with Crippen LogP contribution in [0, 0.1) is 5.82 Å². The molecule has 0 unspecified atom stereocenters. The molecule has 8 heteroatoms. The van der Waals surface area contributed by atoms with Gasteiger partial charge < -0.3 is 9.64 Å². The second-order valence-electron chi connectivity index (χ2n) is 7.80. The lowest BCUT2D eigenvalue weighted by Crippen LogP contribution is -2.52. The Bertz CT molecular complexity index is 1000. The first kappa shape index (κ1) is 20.8. The first-order valence-corrected chi connectivity index (χ1v) is 11.9. The average Bonchev–Trinajstić information content (AvgIpc) is 3.13. The molecular weight excluding hydrogens is 407 g/mol. The molecule has 0 spiro atoms. The summed E-state index contributed by atoms with van der Waals surface area (Å²) in [7, 11) is -2.91. The maximum Gasteiger partial charge on any atom is 0.257 e. The Kier molecular flexibility index (Phi) is 6.06. The monoisotopic (exact) mass is 432 g/mol. The van der Waals surface area contributed by atoms with Crippen molar-refractivity contribution in [2.75, 3.05) is 37.7 Å². The molecule has 2 aliphatic heterocycles. The largest absolute Gasteiger partial charge is 0.488 e. The van der Waals surface area contributed by atoms with Crippen LogP contribution in [0.15, 0.2) is 48.5 Å². The second kappa shape index (κ2) is 8.73. The number of benzene rings is 2. The molecule has 1 atom stereocenters. The summed E-state index contributed by atoms with van der Waals surface area (Å²) in [4.78, 5) is 17.1. The van der Waals surface area contributed by atoms with Gasteiger partial charge in [0.1, 0.15) is 18.2 Å². The Morgan fingerprint density at radius 1 is 1.03 bits per heavy atom. The highest BCUT2D eigenvalue weighted by Gasteiger charge is 2.34. The number of rotatable bonds is 5. The molecule has 30 heavy (non-hydrogen) atoms. The van der Waals surface area contributed by atoms with E-state index in [4.69, 9.17) is 4.74 Å². The normalized spacial score (nSPS) is 21.5. The van der Waals surface area contributed by atoms with Crippen LogP contribution >= 0.6 is 0 Å². The smallest absolute Gasteiger partial charge is 0.257 e. The van der Waals surface area contributed by atoms with Crippen LogP contribution in [0.1, 0.15) is 22.3 Å². The zero-order valence-electron chi connectivity index (χ0n) is 16.7. The van der Waals surface area contributed by atoms with Crippen molar-refractivity contribution in [3.05, 3.63) is 65.5 Å². The first-order chi connectivity index (χ1) is 14.4. The molecular formula is C22H25FN2O4S. The van der Waals surface area contributed by atoms with E-state index in [0.29, 0.717) is 43.9 Å². The minimum absolute atomic E-state index is 0.0681. The van der Waals surface area contributed by atoms with Crippen LogP contribution in [-0.4, -0.2) is 67.9 Å². The summed E-state index contributed by atoms with van der Waals surface area (Å²) in [5.74, 6) is 0.583. The Hall–Kier alpha value is -2.45. The maximum absolute atomic E-state index is 13.1. The zero-order valence-corrected chi connectivity index (χ0v) is 17.5. The maximum atomic E-state index is 13.1. The van der Waals surface area contributed by atoms with Crippen LogP contribution in [0.5, 0.6) is 5.75 Å². The van der Waals surface area contributed by atoms with Crippen LogP contribution < -0.4 is 4.74 Å². The van der Waals surface area contributed by atoms with Gasteiger partial charge >= 0.3 is 0 Å².